The first-order valence-corrected chi connectivity index (χ1v) is 30.5. The van der Waals surface area contributed by atoms with Gasteiger partial charge in [0.25, 0.3) is 0 Å². The predicted octanol–water partition coefficient (Wildman–Crippen LogP) is 20.8. The molecule has 0 heterocycles. The lowest BCUT2D eigenvalue weighted by molar-refractivity contribution is -0.167. The van der Waals surface area contributed by atoms with E-state index in [1.165, 1.54) is 96.3 Å². The van der Waals surface area contributed by atoms with Crippen LogP contribution in [-0.4, -0.2) is 37.2 Å². The highest BCUT2D eigenvalue weighted by Crippen LogP contribution is 2.15. The fourth-order valence-corrected chi connectivity index (χ4v) is 8.16. The summed E-state index contributed by atoms with van der Waals surface area (Å²) in [7, 11) is 0. The normalized spacial score (nSPS) is 13.0. The van der Waals surface area contributed by atoms with Gasteiger partial charge in [0.05, 0.1) is 0 Å². The molecule has 0 aliphatic carbocycles. The quantitative estimate of drug-likeness (QED) is 0.0261. The van der Waals surface area contributed by atoms with Crippen LogP contribution in [0, 0.1) is 0 Å². The minimum atomic E-state index is -0.799. The SMILES string of the molecule is CC/C=C\C/C=C\C/C=C\C/C=C\C/C=C\C/C=C\CCCCCCCCCCCCCCC(=O)OCC(COC(=O)CCCCCCC/C=C\CCCCC)OC(=O)CCCCC/C=C\C/C=C\C/C=C\CC. The largest absolute Gasteiger partial charge is 0.462 e. The molecule has 1 unspecified atom stereocenters. The van der Waals surface area contributed by atoms with E-state index in [0.717, 1.165) is 135 Å². The number of allylic oxidation sites excluding steroid dienone is 20. The predicted molar refractivity (Wildman–Crippen MR) is 320 cm³/mol. The van der Waals surface area contributed by atoms with E-state index in [1.54, 1.807) is 0 Å². The Labute approximate surface area is 456 Å². The Morgan fingerprint density at radius 2 is 0.527 bits per heavy atom. The van der Waals surface area contributed by atoms with Crippen molar-refractivity contribution in [3.8, 4) is 0 Å². The molecule has 0 aliphatic rings. The van der Waals surface area contributed by atoms with Crippen molar-refractivity contribution in [3.05, 3.63) is 122 Å². The van der Waals surface area contributed by atoms with E-state index in [4.69, 9.17) is 14.2 Å². The first kappa shape index (κ1) is 69.8. The maximum absolute atomic E-state index is 12.8. The Balaban J connectivity index is 4.22. The molecule has 0 aromatic rings. The van der Waals surface area contributed by atoms with Gasteiger partial charge in [0, 0.05) is 19.3 Å². The van der Waals surface area contributed by atoms with Crippen molar-refractivity contribution >= 4 is 17.9 Å². The van der Waals surface area contributed by atoms with Crippen LogP contribution in [0.25, 0.3) is 0 Å². The van der Waals surface area contributed by atoms with E-state index < -0.39 is 6.10 Å². The minimum Gasteiger partial charge on any atom is -0.462 e. The van der Waals surface area contributed by atoms with E-state index in [1.807, 2.05) is 0 Å². The number of hydrogen-bond acceptors (Lipinski definition) is 6. The van der Waals surface area contributed by atoms with Gasteiger partial charge in [0.2, 0.25) is 0 Å². The zero-order valence-corrected chi connectivity index (χ0v) is 48.1. The van der Waals surface area contributed by atoms with Crippen molar-refractivity contribution in [2.24, 2.45) is 0 Å². The first-order chi connectivity index (χ1) is 36.5. The molecule has 0 aliphatic heterocycles. The summed E-state index contributed by atoms with van der Waals surface area (Å²) < 4.78 is 16.8. The fraction of sp³-hybridized carbons (Fsp3) is 0.662. The van der Waals surface area contributed by atoms with Crippen LogP contribution in [-0.2, 0) is 28.6 Å². The molecule has 74 heavy (non-hydrogen) atoms. The lowest BCUT2D eigenvalue weighted by Crippen LogP contribution is -2.30. The molecule has 0 spiro atoms. The fourth-order valence-electron chi connectivity index (χ4n) is 8.16. The summed E-state index contributed by atoms with van der Waals surface area (Å²) in [5.41, 5.74) is 0. The summed E-state index contributed by atoms with van der Waals surface area (Å²) in [6.07, 6.45) is 85.0. The molecule has 0 aromatic carbocycles. The van der Waals surface area contributed by atoms with Gasteiger partial charge in [-0.1, -0.05) is 245 Å². The number of carbonyl (C=O) groups is 3. The van der Waals surface area contributed by atoms with E-state index in [9.17, 15) is 14.4 Å². The summed E-state index contributed by atoms with van der Waals surface area (Å²) in [4.78, 5) is 38.1. The van der Waals surface area contributed by atoms with Gasteiger partial charge in [-0.15, -0.1) is 0 Å². The summed E-state index contributed by atoms with van der Waals surface area (Å²) >= 11 is 0. The van der Waals surface area contributed by atoms with Crippen LogP contribution in [0.15, 0.2) is 122 Å². The van der Waals surface area contributed by atoms with Crippen molar-refractivity contribution in [3.63, 3.8) is 0 Å². The molecule has 0 saturated carbocycles. The minimum absolute atomic E-state index is 0.0947. The van der Waals surface area contributed by atoms with Gasteiger partial charge in [0.1, 0.15) is 13.2 Å². The van der Waals surface area contributed by atoms with E-state index >= 15 is 0 Å². The summed E-state index contributed by atoms with van der Waals surface area (Å²) in [5.74, 6) is -0.936. The van der Waals surface area contributed by atoms with Crippen molar-refractivity contribution in [2.45, 2.75) is 277 Å². The number of unbranched alkanes of at least 4 members (excludes halogenated alkanes) is 23. The molecule has 0 saturated heterocycles. The second-order valence-corrected chi connectivity index (χ2v) is 19.8. The summed E-state index contributed by atoms with van der Waals surface area (Å²) in [6, 6.07) is 0. The van der Waals surface area contributed by atoms with E-state index in [2.05, 4.69) is 142 Å². The molecule has 0 bridgehead atoms. The average Bonchev–Trinajstić information content (AvgIpc) is 3.40. The van der Waals surface area contributed by atoms with Crippen molar-refractivity contribution in [1.29, 1.82) is 0 Å². The molecule has 6 nitrogen and oxygen atoms in total. The highest BCUT2D eigenvalue weighted by molar-refractivity contribution is 5.71. The van der Waals surface area contributed by atoms with Gasteiger partial charge in [-0.05, 0) is 128 Å². The summed E-state index contributed by atoms with van der Waals surface area (Å²) in [5, 5.41) is 0. The first-order valence-electron chi connectivity index (χ1n) is 30.5. The van der Waals surface area contributed by atoms with Crippen LogP contribution in [0.3, 0.4) is 0 Å². The van der Waals surface area contributed by atoms with Crippen LogP contribution in [0.2, 0.25) is 0 Å². The summed E-state index contributed by atoms with van der Waals surface area (Å²) in [6.45, 7) is 6.35. The molecular formula is C68H112O6. The lowest BCUT2D eigenvalue weighted by atomic mass is 10.0. The zero-order valence-electron chi connectivity index (χ0n) is 48.1. The van der Waals surface area contributed by atoms with Gasteiger partial charge in [0.15, 0.2) is 6.10 Å². The number of rotatable bonds is 54. The highest BCUT2D eigenvalue weighted by atomic mass is 16.6. The van der Waals surface area contributed by atoms with Gasteiger partial charge in [-0.2, -0.15) is 0 Å². The molecule has 0 rings (SSSR count). The van der Waals surface area contributed by atoms with Crippen LogP contribution >= 0.6 is 0 Å². The number of esters is 3. The second kappa shape index (κ2) is 61.4. The van der Waals surface area contributed by atoms with Gasteiger partial charge in [-0.25, -0.2) is 0 Å². The maximum Gasteiger partial charge on any atom is 0.306 e. The molecule has 420 valence electrons. The van der Waals surface area contributed by atoms with E-state index in [0.29, 0.717) is 12.8 Å². The van der Waals surface area contributed by atoms with Gasteiger partial charge >= 0.3 is 17.9 Å². The van der Waals surface area contributed by atoms with Crippen molar-refractivity contribution in [1.82, 2.24) is 0 Å². The molecule has 0 fully saturated rings. The highest BCUT2D eigenvalue weighted by Gasteiger charge is 2.19. The number of ether oxygens (including phenoxy) is 3. The molecule has 0 radical (unpaired) electrons. The zero-order chi connectivity index (χ0) is 53.6. The number of hydrogen-bond donors (Lipinski definition) is 0. The monoisotopic (exact) mass is 1020 g/mol. The second-order valence-electron chi connectivity index (χ2n) is 19.8. The van der Waals surface area contributed by atoms with Crippen molar-refractivity contribution < 1.29 is 28.6 Å². The van der Waals surface area contributed by atoms with Crippen LogP contribution < -0.4 is 0 Å². The standard InChI is InChI=1S/C68H112O6/c1-4-7-10-13-16-19-22-25-26-27-28-29-30-31-32-33-34-35-36-37-38-39-40-41-42-44-46-49-52-55-58-61-67(70)73-64-65(63-72-66(69)60-57-54-51-48-45-24-21-18-15-12-9-6-3)74-68(71)62-59-56-53-50-47-43-23-20-17-14-11-8-5-2/h7-8,10-11,16-21,25-26,28-29,31-32,34-35,43,47,65H,4-6,9,12-15,22-24,27,30,33,36-42,44-46,48-64H2,1-3H3/b10-7-,11-8-,19-16-,20-17-,21-18-,26-25-,29-28-,32-31-,35-34-,47-43-. The molecule has 6 heteroatoms. The average molecular weight is 1030 g/mol. The third-order valence-corrected chi connectivity index (χ3v) is 12.7. The Bertz CT molecular complexity index is 1550. The molecule has 1 atom stereocenters. The van der Waals surface area contributed by atoms with E-state index in [-0.39, 0.29) is 37.5 Å². The van der Waals surface area contributed by atoms with Crippen LogP contribution in [0.1, 0.15) is 271 Å². The molecule has 0 N–H and O–H groups in total. The third kappa shape index (κ3) is 58.7. The Morgan fingerprint density at radius 3 is 0.851 bits per heavy atom. The topological polar surface area (TPSA) is 78.9 Å². The Hall–Kier alpha value is -4.19. The van der Waals surface area contributed by atoms with Crippen molar-refractivity contribution in [2.75, 3.05) is 13.2 Å². The van der Waals surface area contributed by atoms with Gasteiger partial charge < -0.3 is 14.2 Å². The molecular weight excluding hydrogens is 913 g/mol. The molecule has 0 amide bonds. The molecule has 0 aromatic heterocycles. The Morgan fingerprint density at radius 1 is 0.284 bits per heavy atom. The van der Waals surface area contributed by atoms with Crippen LogP contribution in [0.4, 0.5) is 0 Å². The lowest BCUT2D eigenvalue weighted by Gasteiger charge is -2.18. The smallest absolute Gasteiger partial charge is 0.306 e. The van der Waals surface area contributed by atoms with Crippen LogP contribution in [0.5, 0.6) is 0 Å². The van der Waals surface area contributed by atoms with Gasteiger partial charge in [-0.3, -0.25) is 14.4 Å². The third-order valence-electron chi connectivity index (χ3n) is 12.7. The number of carbonyl (C=O) groups excluding carboxylic acids is 3. The maximum atomic E-state index is 12.8. The Kier molecular flexibility index (Phi) is 57.9.